The molecule has 0 aliphatic heterocycles. The van der Waals surface area contributed by atoms with Gasteiger partial charge < -0.3 is 4.90 Å². The Morgan fingerprint density at radius 2 is 1.21 bits per heavy atom. The molecule has 0 spiro atoms. The molecule has 1 rings (SSSR count). The maximum Gasteiger partial charge on any atom is 0.199 e. The van der Waals surface area contributed by atoms with E-state index in [2.05, 4.69) is 0 Å². The van der Waals surface area contributed by atoms with E-state index >= 15 is 0 Å². The van der Waals surface area contributed by atoms with Crippen molar-refractivity contribution in [3.63, 3.8) is 0 Å². The Labute approximate surface area is 78.9 Å². The zero-order valence-corrected chi connectivity index (χ0v) is 7.96. The van der Waals surface area contributed by atoms with Crippen LogP contribution < -0.4 is 4.90 Å². The van der Waals surface area contributed by atoms with Crippen molar-refractivity contribution in [3.8, 4) is 0 Å². The molecule has 0 atom stereocenters. The van der Waals surface area contributed by atoms with E-state index in [1.807, 2.05) is 0 Å². The molecule has 5 heteroatoms. The second-order valence-corrected chi connectivity index (χ2v) is 3.12. The van der Waals surface area contributed by atoms with Gasteiger partial charge in [0.1, 0.15) is 0 Å². The molecule has 0 saturated heterocycles. The Morgan fingerprint density at radius 3 is 1.64 bits per heavy atom. The van der Waals surface area contributed by atoms with E-state index in [0.29, 0.717) is 0 Å². The summed E-state index contributed by atoms with van der Waals surface area (Å²) in [4.78, 5) is 1.19. The minimum atomic E-state index is -1.78. The van der Waals surface area contributed by atoms with Crippen molar-refractivity contribution in [2.24, 2.45) is 0 Å². The molecule has 0 N–H and O–H groups in total. The number of hydrogen-bond donors (Lipinski definition) is 0. The number of halogens is 4. The Morgan fingerprint density at radius 1 is 0.786 bits per heavy atom. The maximum atomic E-state index is 13.1. The van der Waals surface area contributed by atoms with Gasteiger partial charge in [0, 0.05) is 19.7 Å². The van der Waals surface area contributed by atoms with Gasteiger partial charge in [-0.15, -0.1) is 0 Å². The Kier molecular flexibility index (Phi) is 2.69. The molecule has 0 saturated carbocycles. The van der Waals surface area contributed by atoms with E-state index in [-0.39, 0.29) is 11.3 Å². The monoisotopic (exact) mass is 207 g/mol. The third-order valence-corrected chi connectivity index (χ3v) is 1.92. The van der Waals surface area contributed by atoms with Gasteiger partial charge >= 0.3 is 0 Å². The third-order valence-electron chi connectivity index (χ3n) is 1.92. The van der Waals surface area contributed by atoms with Crippen molar-refractivity contribution < 1.29 is 17.6 Å². The first-order chi connectivity index (χ1) is 6.37. The van der Waals surface area contributed by atoms with Crippen molar-refractivity contribution >= 4 is 5.69 Å². The maximum absolute atomic E-state index is 13.1. The van der Waals surface area contributed by atoms with Crippen LogP contribution in [0.25, 0.3) is 0 Å². The van der Waals surface area contributed by atoms with Crippen LogP contribution in [-0.4, -0.2) is 14.1 Å². The van der Waals surface area contributed by atoms with Crippen molar-refractivity contribution in [2.45, 2.75) is 6.92 Å². The summed E-state index contributed by atoms with van der Waals surface area (Å²) in [6.07, 6.45) is 0. The first kappa shape index (κ1) is 10.8. The normalized spacial score (nSPS) is 10.5. The highest BCUT2D eigenvalue weighted by Gasteiger charge is 2.23. The molecular formula is C9H9F4N. The van der Waals surface area contributed by atoms with Crippen LogP contribution in [0, 0.1) is 30.2 Å². The largest absolute Gasteiger partial charge is 0.375 e. The van der Waals surface area contributed by atoms with Gasteiger partial charge in [-0.3, -0.25) is 0 Å². The van der Waals surface area contributed by atoms with Crippen LogP contribution >= 0.6 is 0 Å². The molecular weight excluding hydrogens is 198 g/mol. The molecule has 0 bridgehead atoms. The van der Waals surface area contributed by atoms with Gasteiger partial charge in [0.05, 0.1) is 5.69 Å². The van der Waals surface area contributed by atoms with Crippen molar-refractivity contribution in [3.05, 3.63) is 28.8 Å². The first-order valence-electron chi connectivity index (χ1n) is 3.87. The van der Waals surface area contributed by atoms with Crippen LogP contribution in [0.15, 0.2) is 0 Å². The lowest BCUT2D eigenvalue weighted by atomic mass is 10.1. The number of benzene rings is 1. The van der Waals surface area contributed by atoms with E-state index in [0.717, 1.165) is 0 Å². The van der Waals surface area contributed by atoms with E-state index in [1.54, 1.807) is 0 Å². The molecule has 78 valence electrons. The van der Waals surface area contributed by atoms with Gasteiger partial charge in [0.2, 0.25) is 0 Å². The fourth-order valence-electron chi connectivity index (χ4n) is 1.26. The van der Waals surface area contributed by atoms with Crippen LogP contribution in [0.5, 0.6) is 0 Å². The molecule has 0 fully saturated rings. The zero-order valence-electron chi connectivity index (χ0n) is 7.96. The first-order valence-corrected chi connectivity index (χ1v) is 3.87. The Hall–Kier alpha value is -1.26. The van der Waals surface area contributed by atoms with Crippen LogP contribution in [0.4, 0.5) is 23.2 Å². The van der Waals surface area contributed by atoms with Gasteiger partial charge in [-0.2, -0.15) is 0 Å². The van der Waals surface area contributed by atoms with Crippen LogP contribution in [-0.2, 0) is 0 Å². The fourth-order valence-corrected chi connectivity index (χ4v) is 1.26. The quantitative estimate of drug-likeness (QED) is 0.388. The highest BCUT2D eigenvalue weighted by Crippen LogP contribution is 2.29. The molecule has 1 nitrogen and oxygen atoms in total. The zero-order chi connectivity index (χ0) is 11.0. The molecule has 14 heavy (non-hydrogen) atoms. The highest BCUT2D eigenvalue weighted by atomic mass is 19.2. The predicted octanol–water partition coefficient (Wildman–Crippen LogP) is 2.62. The second-order valence-electron chi connectivity index (χ2n) is 3.12. The minimum absolute atomic E-state index is 0.244. The van der Waals surface area contributed by atoms with E-state index in [9.17, 15) is 17.6 Å². The average molecular weight is 207 g/mol. The minimum Gasteiger partial charge on any atom is -0.375 e. The molecule has 0 unspecified atom stereocenters. The van der Waals surface area contributed by atoms with E-state index in [1.165, 1.54) is 25.9 Å². The van der Waals surface area contributed by atoms with Crippen molar-refractivity contribution in [1.29, 1.82) is 0 Å². The summed E-state index contributed by atoms with van der Waals surface area (Å²) in [6, 6.07) is 0. The number of nitrogens with zero attached hydrogens (tertiary/aromatic N) is 1. The standard InChI is InChI=1S/C9H9F4N/c1-4-5(10)6(11)7(12)8(13)9(4)14(2)3/h1-3H3. The lowest BCUT2D eigenvalue weighted by Gasteiger charge is -2.17. The summed E-state index contributed by atoms with van der Waals surface area (Å²) in [5, 5.41) is 0. The average Bonchev–Trinajstić information content (AvgIpc) is 2.11. The van der Waals surface area contributed by atoms with Gasteiger partial charge in [0.25, 0.3) is 0 Å². The molecule has 0 radical (unpaired) electrons. The Bertz CT molecular complexity index is 345. The SMILES string of the molecule is Cc1c(F)c(F)c(F)c(F)c1N(C)C. The lowest BCUT2D eigenvalue weighted by molar-refractivity contribution is 0.406. The van der Waals surface area contributed by atoms with Crippen molar-refractivity contribution in [1.82, 2.24) is 0 Å². The van der Waals surface area contributed by atoms with Gasteiger partial charge in [0.15, 0.2) is 23.3 Å². The second kappa shape index (κ2) is 3.48. The van der Waals surface area contributed by atoms with Crippen LogP contribution in [0.2, 0.25) is 0 Å². The van der Waals surface area contributed by atoms with Gasteiger partial charge in [-0.05, 0) is 6.92 Å². The topological polar surface area (TPSA) is 3.24 Å². The summed E-state index contributed by atoms with van der Waals surface area (Å²) >= 11 is 0. The summed E-state index contributed by atoms with van der Waals surface area (Å²) in [6.45, 7) is 1.19. The van der Waals surface area contributed by atoms with Gasteiger partial charge in [-0.25, -0.2) is 17.6 Å². The summed E-state index contributed by atoms with van der Waals surface area (Å²) < 4.78 is 51.6. The molecule has 1 aromatic carbocycles. The predicted molar refractivity (Wildman–Crippen MR) is 45.3 cm³/mol. The third kappa shape index (κ3) is 1.42. The van der Waals surface area contributed by atoms with Gasteiger partial charge in [-0.1, -0.05) is 0 Å². The van der Waals surface area contributed by atoms with E-state index < -0.39 is 23.3 Å². The molecule has 0 aromatic heterocycles. The molecule has 0 aliphatic rings. The number of anilines is 1. The number of hydrogen-bond acceptors (Lipinski definition) is 1. The van der Waals surface area contributed by atoms with Crippen LogP contribution in [0.3, 0.4) is 0 Å². The molecule has 0 heterocycles. The smallest absolute Gasteiger partial charge is 0.199 e. The summed E-state index contributed by atoms with van der Waals surface area (Å²) in [5.41, 5.74) is -0.521. The van der Waals surface area contributed by atoms with E-state index in [4.69, 9.17) is 0 Å². The lowest BCUT2D eigenvalue weighted by Crippen LogP contribution is -2.15. The Balaban J connectivity index is 3.60. The molecule has 0 amide bonds. The fraction of sp³-hybridized carbons (Fsp3) is 0.333. The summed E-state index contributed by atoms with van der Waals surface area (Å²) in [5.74, 6) is -6.28. The summed E-state index contributed by atoms with van der Waals surface area (Å²) in [7, 11) is 2.84. The van der Waals surface area contributed by atoms with Crippen LogP contribution in [0.1, 0.15) is 5.56 Å². The molecule has 0 aliphatic carbocycles. The molecule has 1 aromatic rings. The number of rotatable bonds is 1. The highest BCUT2D eigenvalue weighted by molar-refractivity contribution is 5.54. The van der Waals surface area contributed by atoms with Crippen molar-refractivity contribution in [2.75, 3.05) is 19.0 Å².